The van der Waals surface area contributed by atoms with Gasteiger partial charge in [-0.3, -0.25) is 0 Å². The minimum absolute atomic E-state index is 0.111. The molecule has 2 nitrogen and oxygen atoms in total. The molecule has 0 fully saturated rings. The molecule has 0 bridgehead atoms. The van der Waals surface area contributed by atoms with Crippen molar-refractivity contribution < 1.29 is 17.9 Å². The monoisotopic (exact) mass is 275 g/mol. The van der Waals surface area contributed by atoms with Crippen molar-refractivity contribution in [3.8, 4) is 5.75 Å². The molecular weight excluding hydrogens is 255 g/mol. The van der Waals surface area contributed by atoms with Gasteiger partial charge in [-0.25, -0.2) is 0 Å². The molecule has 5 heteroatoms. The van der Waals surface area contributed by atoms with Crippen molar-refractivity contribution in [1.29, 1.82) is 0 Å². The molecule has 0 spiro atoms. The largest absolute Gasteiger partial charge is 0.573 e. The molecule has 0 saturated carbocycles. The molecule has 1 rings (SSSR count). The van der Waals surface area contributed by atoms with Gasteiger partial charge in [0.2, 0.25) is 0 Å². The van der Waals surface area contributed by atoms with Crippen LogP contribution >= 0.6 is 0 Å². The maximum atomic E-state index is 12.2. The molecule has 108 valence electrons. The van der Waals surface area contributed by atoms with Crippen LogP contribution in [0.3, 0.4) is 0 Å². The summed E-state index contributed by atoms with van der Waals surface area (Å²) < 4.78 is 40.7. The molecule has 1 aromatic rings. The van der Waals surface area contributed by atoms with E-state index in [4.69, 9.17) is 5.73 Å². The standard InChI is InChI=1S/C14H20F3NO/c1-3-11-7-12(6-4-5-10(2)18)9-13(8-11)19-14(15,16)17/h7-10H,3-6,18H2,1-2H3. The fourth-order valence-electron chi connectivity index (χ4n) is 1.90. The van der Waals surface area contributed by atoms with Gasteiger partial charge in [0.05, 0.1) is 0 Å². The third-order valence-corrected chi connectivity index (χ3v) is 2.79. The molecule has 0 radical (unpaired) electrons. The van der Waals surface area contributed by atoms with Crippen LogP contribution in [0, 0.1) is 0 Å². The highest BCUT2D eigenvalue weighted by molar-refractivity contribution is 5.34. The Hall–Kier alpha value is -1.23. The predicted molar refractivity (Wildman–Crippen MR) is 69.1 cm³/mol. The van der Waals surface area contributed by atoms with Gasteiger partial charge >= 0.3 is 6.36 Å². The van der Waals surface area contributed by atoms with E-state index in [9.17, 15) is 13.2 Å². The molecule has 0 heterocycles. The minimum atomic E-state index is -4.64. The average Bonchev–Trinajstić information content (AvgIpc) is 2.25. The van der Waals surface area contributed by atoms with Gasteiger partial charge < -0.3 is 10.5 Å². The third-order valence-electron chi connectivity index (χ3n) is 2.79. The summed E-state index contributed by atoms with van der Waals surface area (Å²) in [6, 6.07) is 4.92. The lowest BCUT2D eigenvalue weighted by atomic mass is 10.0. The Morgan fingerprint density at radius 3 is 2.37 bits per heavy atom. The van der Waals surface area contributed by atoms with E-state index in [1.165, 1.54) is 12.1 Å². The summed E-state index contributed by atoms with van der Waals surface area (Å²) >= 11 is 0. The van der Waals surface area contributed by atoms with Crippen LogP contribution < -0.4 is 10.5 Å². The van der Waals surface area contributed by atoms with Crippen molar-refractivity contribution in [2.45, 2.75) is 51.9 Å². The van der Waals surface area contributed by atoms with E-state index < -0.39 is 6.36 Å². The maximum Gasteiger partial charge on any atom is 0.573 e. The number of nitrogens with two attached hydrogens (primary N) is 1. The van der Waals surface area contributed by atoms with Gasteiger partial charge in [-0.1, -0.05) is 13.0 Å². The van der Waals surface area contributed by atoms with Crippen LogP contribution in [0.25, 0.3) is 0 Å². The molecule has 0 aliphatic carbocycles. The minimum Gasteiger partial charge on any atom is -0.406 e. The van der Waals surface area contributed by atoms with E-state index in [0.29, 0.717) is 12.8 Å². The van der Waals surface area contributed by atoms with Crippen molar-refractivity contribution >= 4 is 0 Å². The van der Waals surface area contributed by atoms with Crippen LogP contribution in [0.5, 0.6) is 5.75 Å². The molecule has 2 N–H and O–H groups in total. The van der Waals surface area contributed by atoms with E-state index in [-0.39, 0.29) is 11.8 Å². The van der Waals surface area contributed by atoms with Gasteiger partial charge in [0.1, 0.15) is 5.75 Å². The first kappa shape index (κ1) is 15.8. The van der Waals surface area contributed by atoms with Crippen molar-refractivity contribution in [3.63, 3.8) is 0 Å². The summed E-state index contributed by atoms with van der Waals surface area (Å²) in [5.74, 6) is -0.136. The summed E-state index contributed by atoms with van der Waals surface area (Å²) in [7, 11) is 0. The molecule has 0 aliphatic rings. The van der Waals surface area contributed by atoms with Gasteiger partial charge in [0, 0.05) is 6.04 Å². The number of alkyl halides is 3. The average molecular weight is 275 g/mol. The van der Waals surface area contributed by atoms with Crippen molar-refractivity contribution in [2.75, 3.05) is 0 Å². The number of halogens is 3. The summed E-state index contributed by atoms with van der Waals surface area (Å²) in [5.41, 5.74) is 7.36. The van der Waals surface area contributed by atoms with Crippen LogP contribution in [0.2, 0.25) is 0 Å². The first-order valence-corrected chi connectivity index (χ1v) is 6.44. The summed E-state index contributed by atoms with van der Waals surface area (Å²) in [4.78, 5) is 0. The van der Waals surface area contributed by atoms with Gasteiger partial charge in [0.25, 0.3) is 0 Å². The Bertz CT molecular complexity index is 402. The van der Waals surface area contributed by atoms with E-state index in [0.717, 1.165) is 24.0 Å². The number of ether oxygens (including phenoxy) is 1. The predicted octanol–water partition coefficient (Wildman–Crippen LogP) is 3.82. The summed E-state index contributed by atoms with van der Waals surface area (Å²) in [6.07, 6.45) is -1.55. The molecule has 0 amide bonds. The van der Waals surface area contributed by atoms with E-state index >= 15 is 0 Å². The SMILES string of the molecule is CCc1cc(CCCC(C)N)cc(OC(F)(F)F)c1. The molecule has 0 saturated heterocycles. The lowest BCUT2D eigenvalue weighted by Gasteiger charge is -2.12. The second-order valence-corrected chi connectivity index (χ2v) is 4.76. The van der Waals surface area contributed by atoms with Crippen LogP contribution in [0.1, 0.15) is 37.8 Å². The third kappa shape index (κ3) is 6.47. The summed E-state index contributed by atoms with van der Waals surface area (Å²) in [6.45, 7) is 3.82. The second-order valence-electron chi connectivity index (χ2n) is 4.76. The molecule has 1 aromatic carbocycles. The molecule has 0 aromatic heterocycles. The van der Waals surface area contributed by atoms with Crippen LogP contribution in [-0.4, -0.2) is 12.4 Å². The molecule has 19 heavy (non-hydrogen) atoms. The van der Waals surface area contributed by atoms with E-state index in [2.05, 4.69) is 4.74 Å². The summed E-state index contributed by atoms with van der Waals surface area (Å²) in [5, 5.41) is 0. The zero-order valence-electron chi connectivity index (χ0n) is 11.3. The normalized spacial score (nSPS) is 13.4. The fraction of sp³-hybridized carbons (Fsp3) is 0.571. The van der Waals surface area contributed by atoms with Crippen LogP contribution in [-0.2, 0) is 12.8 Å². The number of benzene rings is 1. The smallest absolute Gasteiger partial charge is 0.406 e. The highest BCUT2D eigenvalue weighted by Crippen LogP contribution is 2.26. The molecule has 1 atom stereocenters. The van der Waals surface area contributed by atoms with E-state index in [1.54, 1.807) is 0 Å². The Morgan fingerprint density at radius 1 is 1.21 bits per heavy atom. The van der Waals surface area contributed by atoms with Crippen molar-refractivity contribution in [1.82, 2.24) is 0 Å². The lowest BCUT2D eigenvalue weighted by molar-refractivity contribution is -0.274. The first-order valence-electron chi connectivity index (χ1n) is 6.44. The van der Waals surface area contributed by atoms with Gasteiger partial charge in [0.15, 0.2) is 0 Å². The molecule has 1 unspecified atom stereocenters. The molecular formula is C14H20F3NO. The number of hydrogen-bond donors (Lipinski definition) is 1. The maximum absolute atomic E-state index is 12.2. The Balaban J connectivity index is 2.77. The number of hydrogen-bond acceptors (Lipinski definition) is 2. The van der Waals surface area contributed by atoms with Gasteiger partial charge in [-0.2, -0.15) is 0 Å². The highest BCUT2D eigenvalue weighted by atomic mass is 19.4. The van der Waals surface area contributed by atoms with Gasteiger partial charge in [-0.15, -0.1) is 13.2 Å². The van der Waals surface area contributed by atoms with Crippen molar-refractivity contribution in [2.24, 2.45) is 5.73 Å². The van der Waals surface area contributed by atoms with Crippen LogP contribution in [0.15, 0.2) is 18.2 Å². The fourth-order valence-corrected chi connectivity index (χ4v) is 1.90. The Morgan fingerprint density at radius 2 is 1.84 bits per heavy atom. The molecule has 0 aliphatic heterocycles. The van der Waals surface area contributed by atoms with Crippen molar-refractivity contribution in [3.05, 3.63) is 29.3 Å². The topological polar surface area (TPSA) is 35.2 Å². The quantitative estimate of drug-likeness (QED) is 0.856. The second kappa shape index (κ2) is 6.80. The zero-order chi connectivity index (χ0) is 14.5. The van der Waals surface area contributed by atoms with Crippen LogP contribution in [0.4, 0.5) is 13.2 Å². The Kier molecular flexibility index (Phi) is 5.66. The highest BCUT2D eigenvalue weighted by Gasteiger charge is 2.31. The zero-order valence-corrected chi connectivity index (χ0v) is 11.3. The first-order chi connectivity index (χ1) is 8.80. The van der Waals surface area contributed by atoms with E-state index in [1.807, 2.05) is 19.9 Å². The Labute approximate surface area is 111 Å². The van der Waals surface area contributed by atoms with Gasteiger partial charge in [-0.05, 0) is 55.9 Å². The number of rotatable bonds is 6. The lowest BCUT2D eigenvalue weighted by Crippen LogP contribution is -2.17. The number of aryl methyl sites for hydroxylation is 2.